The van der Waals surface area contributed by atoms with E-state index in [0.29, 0.717) is 23.6 Å². The van der Waals surface area contributed by atoms with E-state index >= 15 is 0 Å². The molecule has 0 radical (unpaired) electrons. The molecule has 9 nitrogen and oxygen atoms in total. The van der Waals surface area contributed by atoms with Gasteiger partial charge in [0.15, 0.2) is 11.5 Å². The van der Waals surface area contributed by atoms with Gasteiger partial charge in [0.05, 0.1) is 28.3 Å². The van der Waals surface area contributed by atoms with Gasteiger partial charge in [-0.25, -0.2) is 9.97 Å². The molecule has 6 rings (SSSR count). The number of fused-ring (bicyclic) bond motifs is 2. The summed E-state index contributed by atoms with van der Waals surface area (Å²) < 4.78 is 0. The summed E-state index contributed by atoms with van der Waals surface area (Å²) in [5, 5.41) is 11.2. The minimum atomic E-state index is -0.0322. The molecule has 0 unspecified atom stereocenters. The number of aromatic nitrogens is 7. The first-order valence-electron chi connectivity index (χ1n) is 12.0. The lowest BCUT2D eigenvalue weighted by Gasteiger charge is -2.08. The van der Waals surface area contributed by atoms with Crippen molar-refractivity contribution < 1.29 is 4.79 Å². The third kappa shape index (κ3) is 4.42. The third-order valence-electron chi connectivity index (χ3n) is 6.08. The van der Waals surface area contributed by atoms with Gasteiger partial charge >= 0.3 is 0 Å². The topological polar surface area (TPSA) is 125 Å². The smallest absolute Gasteiger partial charge is 0.224 e. The van der Waals surface area contributed by atoms with Crippen LogP contribution in [0.3, 0.4) is 0 Å². The Balaban J connectivity index is 1.38. The van der Waals surface area contributed by atoms with Crippen LogP contribution in [0.15, 0.2) is 73.4 Å². The molecule has 182 valence electrons. The number of hydrogen-bond donors (Lipinski definition) is 3. The van der Waals surface area contributed by atoms with E-state index in [0.717, 1.165) is 44.4 Å². The Hall–Kier alpha value is -4.92. The fourth-order valence-electron chi connectivity index (χ4n) is 4.39. The SMILES string of the molecule is CC(C)CC(=O)Nc1cncc(-c2cnc3n[nH]c(-c4nc5c(-c6cccnc6)cccc5[nH]4)c3c2)c1. The number of hydrogen-bond acceptors (Lipinski definition) is 6. The Kier molecular flexibility index (Phi) is 5.65. The molecule has 0 aliphatic carbocycles. The monoisotopic (exact) mass is 488 g/mol. The number of carbonyl (C=O) groups is 1. The van der Waals surface area contributed by atoms with E-state index in [2.05, 4.69) is 35.5 Å². The predicted octanol–water partition coefficient (Wildman–Crippen LogP) is 5.61. The number of amides is 1. The summed E-state index contributed by atoms with van der Waals surface area (Å²) in [6.07, 6.45) is 9.19. The second-order valence-electron chi connectivity index (χ2n) is 9.33. The van der Waals surface area contributed by atoms with Crippen molar-refractivity contribution in [3.8, 4) is 33.8 Å². The predicted molar refractivity (Wildman–Crippen MR) is 144 cm³/mol. The highest BCUT2D eigenvalue weighted by Gasteiger charge is 2.16. The first-order chi connectivity index (χ1) is 18.0. The number of imidazole rings is 1. The van der Waals surface area contributed by atoms with Crippen molar-refractivity contribution in [1.29, 1.82) is 0 Å². The average Bonchev–Trinajstić information content (AvgIpc) is 3.52. The van der Waals surface area contributed by atoms with Crippen LogP contribution in [0.25, 0.3) is 55.8 Å². The first kappa shape index (κ1) is 22.5. The number of H-pyrrole nitrogens is 2. The number of pyridine rings is 3. The second kappa shape index (κ2) is 9.27. The molecule has 37 heavy (non-hydrogen) atoms. The van der Waals surface area contributed by atoms with Gasteiger partial charge in [0.25, 0.3) is 0 Å². The molecule has 9 heteroatoms. The maximum atomic E-state index is 12.2. The lowest BCUT2D eigenvalue weighted by Crippen LogP contribution is -2.13. The van der Waals surface area contributed by atoms with Crippen molar-refractivity contribution in [2.45, 2.75) is 20.3 Å². The van der Waals surface area contributed by atoms with Gasteiger partial charge in [0.2, 0.25) is 5.91 Å². The number of carbonyl (C=O) groups excluding carboxylic acids is 1. The van der Waals surface area contributed by atoms with Gasteiger partial charge in [-0.15, -0.1) is 0 Å². The fourth-order valence-corrected chi connectivity index (χ4v) is 4.39. The number of benzene rings is 1. The van der Waals surface area contributed by atoms with E-state index in [1.807, 2.05) is 62.5 Å². The third-order valence-corrected chi connectivity index (χ3v) is 6.08. The summed E-state index contributed by atoms with van der Waals surface area (Å²) >= 11 is 0. The lowest BCUT2D eigenvalue weighted by atomic mass is 10.1. The molecule has 5 aromatic heterocycles. The van der Waals surface area contributed by atoms with E-state index in [1.54, 1.807) is 24.8 Å². The van der Waals surface area contributed by atoms with Gasteiger partial charge in [-0.3, -0.25) is 19.9 Å². The largest absolute Gasteiger partial charge is 0.337 e. The van der Waals surface area contributed by atoms with Gasteiger partial charge in [-0.05, 0) is 30.2 Å². The summed E-state index contributed by atoms with van der Waals surface area (Å²) in [6.45, 7) is 4.03. The standard InChI is InChI=1S/C28H24N8O/c1-16(2)9-24(37)32-20-10-18(13-30-15-20)19-11-22-26(35-36-27(22)31-14-19)28-33-23-7-3-6-21(25(23)34-28)17-5-4-8-29-12-17/h3-8,10-16H,9H2,1-2H3,(H,32,37)(H,33,34)(H,31,35,36). The van der Waals surface area contributed by atoms with Crippen molar-refractivity contribution >= 4 is 33.7 Å². The van der Waals surface area contributed by atoms with Crippen molar-refractivity contribution in [3.63, 3.8) is 0 Å². The van der Waals surface area contributed by atoms with Crippen molar-refractivity contribution in [1.82, 2.24) is 35.1 Å². The van der Waals surface area contributed by atoms with Crippen molar-refractivity contribution in [2.24, 2.45) is 5.92 Å². The molecular formula is C28H24N8O. The van der Waals surface area contributed by atoms with Gasteiger partial charge in [0.1, 0.15) is 5.69 Å². The Bertz CT molecular complexity index is 1740. The molecule has 1 amide bonds. The second-order valence-corrected chi connectivity index (χ2v) is 9.33. The fraction of sp³-hybridized carbons (Fsp3) is 0.143. The molecule has 5 heterocycles. The highest BCUT2D eigenvalue weighted by molar-refractivity contribution is 5.97. The Labute approximate surface area is 212 Å². The zero-order chi connectivity index (χ0) is 25.4. The summed E-state index contributed by atoms with van der Waals surface area (Å²) in [4.78, 5) is 33.7. The van der Waals surface area contributed by atoms with Crippen molar-refractivity contribution in [3.05, 3.63) is 73.4 Å². The molecule has 0 aliphatic heterocycles. The number of nitrogens with zero attached hydrogens (tertiary/aromatic N) is 5. The minimum Gasteiger partial charge on any atom is -0.337 e. The molecule has 0 aliphatic rings. The number of para-hydroxylation sites is 1. The highest BCUT2D eigenvalue weighted by atomic mass is 16.1. The maximum Gasteiger partial charge on any atom is 0.224 e. The van der Waals surface area contributed by atoms with Crippen LogP contribution >= 0.6 is 0 Å². The maximum absolute atomic E-state index is 12.2. The van der Waals surface area contributed by atoms with Crippen LogP contribution in [0.1, 0.15) is 20.3 Å². The lowest BCUT2D eigenvalue weighted by molar-refractivity contribution is -0.116. The molecule has 3 N–H and O–H groups in total. The summed E-state index contributed by atoms with van der Waals surface area (Å²) in [5.41, 5.74) is 7.44. The van der Waals surface area contributed by atoms with E-state index in [9.17, 15) is 4.79 Å². The summed E-state index contributed by atoms with van der Waals surface area (Å²) in [7, 11) is 0. The normalized spacial score (nSPS) is 11.4. The van der Waals surface area contributed by atoms with Crippen LogP contribution in [0.2, 0.25) is 0 Å². The number of nitrogens with one attached hydrogen (secondary N) is 3. The van der Waals surface area contributed by atoms with Gasteiger partial charge in [-0.1, -0.05) is 32.0 Å². The van der Waals surface area contributed by atoms with Crippen LogP contribution in [-0.4, -0.2) is 41.0 Å². The molecule has 0 spiro atoms. The Morgan fingerprint density at radius 2 is 1.84 bits per heavy atom. The molecular weight excluding hydrogens is 464 g/mol. The summed E-state index contributed by atoms with van der Waals surface area (Å²) in [6, 6.07) is 13.9. The van der Waals surface area contributed by atoms with Gasteiger partial charge < -0.3 is 10.3 Å². The van der Waals surface area contributed by atoms with E-state index in [4.69, 9.17) is 4.98 Å². The zero-order valence-electron chi connectivity index (χ0n) is 20.4. The zero-order valence-corrected chi connectivity index (χ0v) is 20.4. The number of rotatable bonds is 6. The van der Waals surface area contributed by atoms with E-state index in [1.165, 1.54) is 0 Å². The Morgan fingerprint density at radius 3 is 2.68 bits per heavy atom. The number of aromatic amines is 2. The van der Waals surface area contributed by atoms with E-state index < -0.39 is 0 Å². The van der Waals surface area contributed by atoms with Crippen LogP contribution < -0.4 is 5.32 Å². The van der Waals surface area contributed by atoms with Crippen LogP contribution in [0, 0.1) is 5.92 Å². The van der Waals surface area contributed by atoms with Crippen LogP contribution in [0.5, 0.6) is 0 Å². The van der Waals surface area contributed by atoms with Crippen LogP contribution in [-0.2, 0) is 4.79 Å². The molecule has 1 aromatic carbocycles. The minimum absolute atomic E-state index is 0.0322. The van der Waals surface area contributed by atoms with Crippen molar-refractivity contribution in [2.75, 3.05) is 5.32 Å². The molecule has 6 aromatic rings. The van der Waals surface area contributed by atoms with Gasteiger partial charge in [0, 0.05) is 53.5 Å². The van der Waals surface area contributed by atoms with Gasteiger partial charge in [-0.2, -0.15) is 5.10 Å². The average molecular weight is 489 g/mol. The molecule has 0 saturated carbocycles. The summed E-state index contributed by atoms with van der Waals surface area (Å²) in [5.74, 6) is 0.914. The highest BCUT2D eigenvalue weighted by Crippen LogP contribution is 2.32. The van der Waals surface area contributed by atoms with E-state index in [-0.39, 0.29) is 11.8 Å². The molecule has 0 saturated heterocycles. The number of anilines is 1. The molecule has 0 bridgehead atoms. The van der Waals surface area contributed by atoms with Crippen LogP contribution in [0.4, 0.5) is 5.69 Å². The Morgan fingerprint density at radius 1 is 0.973 bits per heavy atom. The molecule has 0 atom stereocenters. The first-order valence-corrected chi connectivity index (χ1v) is 12.0. The molecule has 0 fully saturated rings. The quantitative estimate of drug-likeness (QED) is 0.280.